The van der Waals surface area contributed by atoms with Crippen molar-refractivity contribution in [3.8, 4) is 11.4 Å². The Morgan fingerprint density at radius 2 is 2.00 bits per heavy atom. The van der Waals surface area contributed by atoms with Gasteiger partial charge in [-0.05, 0) is 43.7 Å². The van der Waals surface area contributed by atoms with Crippen LogP contribution in [0.4, 0.5) is 5.69 Å². The van der Waals surface area contributed by atoms with Gasteiger partial charge in [-0.15, -0.1) is 0 Å². The number of H-pyrrole nitrogens is 1. The first-order valence-electron chi connectivity index (χ1n) is 7.15. The lowest BCUT2D eigenvalue weighted by Gasteiger charge is -2.20. The summed E-state index contributed by atoms with van der Waals surface area (Å²) < 4.78 is 0. The minimum atomic E-state index is 0.464. The number of aromatic amines is 1. The lowest BCUT2D eigenvalue weighted by molar-refractivity contribution is 0.447. The van der Waals surface area contributed by atoms with Crippen molar-refractivity contribution in [1.82, 2.24) is 20.5 Å². The second-order valence-electron chi connectivity index (χ2n) is 5.53. The molecule has 1 saturated heterocycles. The lowest BCUT2D eigenvalue weighted by atomic mass is 9.99. The van der Waals surface area contributed by atoms with Crippen LogP contribution in [-0.4, -0.2) is 42.4 Å². The smallest absolute Gasteiger partial charge is 0.181 e. The molecule has 0 saturated carbocycles. The van der Waals surface area contributed by atoms with E-state index in [0.717, 1.165) is 30.3 Å². The molecule has 0 radical (unpaired) electrons. The molecule has 2 heterocycles. The summed E-state index contributed by atoms with van der Waals surface area (Å²) >= 11 is 0. The first-order chi connectivity index (χ1) is 9.74. The van der Waals surface area contributed by atoms with E-state index in [-0.39, 0.29) is 0 Å². The Bertz CT molecular complexity index is 552. The second kappa shape index (κ2) is 5.63. The standard InChI is InChI=1S/C15H21N5/c1-20(2)13-7-5-11(6-8-13)14-17-15(19-18-14)12-4-3-9-16-10-12/h5-8,12,16H,3-4,9-10H2,1-2H3,(H,17,18,19). The van der Waals surface area contributed by atoms with Crippen LogP contribution >= 0.6 is 0 Å². The van der Waals surface area contributed by atoms with Crippen LogP contribution in [0.5, 0.6) is 0 Å². The normalized spacial score (nSPS) is 19.0. The molecule has 1 atom stereocenters. The number of hydrogen-bond acceptors (Lipinski definition) is 4. The van der Waals surface area contributed by atoms with Gasteiger partial charge in [0.05, 0.1) is 0 Å². The highest BCUT2D eigenvalue weighted by Gasteiger charge is 2.19. The number of nitrogens with zero attached hydrogens (tertiary/aromatic N) is 3. The predicted octanol–water partition coefficient (Wildman–Crippen LogP) is 2.00. The fourth-order valence-electron chi connectivity index (χ4n) is 2.58. The molecule has 20 heavy (non-hydrogen) atoms. The summed E-state index contributed by atoms with van der Waals surface area (Å²) in [4.78, 5) is 6.74. The van der Waals surface area contributed by atoms with Crippen LogP contribution in [-0.2, 0) is 0 Å². The number of piperidine rings is 1. The number of benzene rings is 1. The van der Waals surface area contributed by atoms with Gasteiger partial charge in [-0.2, -0.15) is 5.10 Å². The summed E-state index contributed by atoms with van der Waals surface area (Å²) in [5.74, 6) is 2.26. The van der Waals surface area contributed by atoms with Crippen molar-refractivity contribution in [2.24, 2.45) is 0 Å². The van der Waals surface area contributed by atoms with Gasteiger partial charge >= 0.3 is 0 Å². The van der Waals surface area contributed by atoms with E-state index in [0.29, 0.717) is 5.92 Å². The summed E-state index contributed by atoms with van der Waals surface area (Å²) in [6.45, 7) is 2.11. The van der Waals surface area contributed by atoms with Crippen molar-refractivity contribution < 1.29 is 0 Å². The molecule has 1 aromatic carbocycles. The third kappa shape index (κ3) is 2.67. The van der Waals surface area contributed by atoms with E-state index >= 15 is 0 Å². The highest BCUT2D eigenvalue weighted by atomic mass is 15.2. The van der Waals surface area contributed by atoms with Crippen molar-refractivity contribution in [2.75, 3.05) is 32.1 Å². The van der Waals surface area contributed by atoms with Gasteiger partial charge < -0.3 is 10.2 Å². The number of aromatic nitrogens is 3. The van der Waals surface area contributed by atoms with Crippen molar-refractivity contribution in [2.45, 2.75) is 18.8 Å². The van der Waals surface area contributed by atoms with Crippen LogP contribution in [0.25, 0.3) is 11.4 Å². The third-order valence-electron chi connectivity index (χ3n) is 3.83. The van der Waals surface area contributed by atoms with Crippen LogP contribution in [0.1, 0.15) is 24.6 Å². The lowest BCUT2D eigenvalue weighted by Crippen LogP contribution is -2.28. The maximum absolute atomic E-state index is 4.66. The highest BCUT2D eigenvalue weighted by molar-refractivity contribution is 5.59. The largest absolute Gasteiger partial charge is 0.378 e. The Morgan fingerprint density at radius 1 is 1.20 bits per heavy atom. The van der Waals surface area contributed by atoms with Gasteiger partial charge in [-0.25, -0.2) is 4.98 Å². The third-order valence-corrected chi connectivity index (χ3v) is 3.83. The number of anilines is 1. The zero-order valence-electron chi connectivity index (χ0n) is 12.1. The molecule has 1 fully saturated rings. The van der Waals surface area contributed by atoms with E-state index in [9.17, 15) is 0 Å². The Balaban J connectivity index is 1.78. The summed E-state index contributed by atoms with van der Waals surface area (Å²) in [5, 5.41) is 10.9. The Hall–Kier alpha value is -1.88. The molecule has 1 aliphatic rings. The van der Waals surface area contributed by atoms with Crippen LogP contribution in [0.2, 0.25) is 0 Å². The molecule has 0 bridgehead atoms. The molecule has 5 nitrogen and oxygen atoms in total. The van der Waals surface area contributed by atoms with Crippen molar-refractivity contribution in [3.63, 3.8) is 0 Å². The van der Waals surface area contributed by atoms with Crippen LogP contribution in [0, 0.1) is 0 Å². The molecule has 0 amide bonds. The van der Waals surface area contributed by atoms with E-state index in [4.69, 9.17) is 0 Å². The topological polar surface area (TPSA) is 56.8 Å². The molecule has 2 aromatic rings. The van der Waals surface area contributed by atoms with Crippen molar-refractivity contribution in [1.29, 1.82) is 0 Å². The van der Waals surface area contributed by atoms with E-state index in [1.165, 1.54) is 18.5 Å². The SMILES string of the molecule is CN(C)c1ccc(-c2n[nH]c(C3CCCNC3)n2)cc1. The van der Waals surface area contributed by atoms with Gasteiger partial charge in [-0.3, -0.25) is 5.10 Å². The number of nitrogens with one attached hydrogen (secondary N) is 2. The molecule has 3 rings (SSSR count). The summed E-state index contributed by atoms with van der Waals surface area (Å²) in [6, 6.07) is 8.32. The van der Waals surface area contributed by atoms with Crippen molar-refractivity contribution in [3.05, 3.63) is 30.1 Å². The summed E-state index contributed by atoms with van der Waals surface area (Å²) in [5.41, 5.74) is 2.24. The fraction of sp³-hybridized carbons (Fsp3) is 0.467. The van der Waals surface area contributed by atoms with Gasteiger partial charge in [0.2, 0.25) is 0 Å². The zero-order valence-corrected chi connectivity index (χ0v) is 12.1. The molecule has 0 aliphatic carbocycles. The van der Waals surface area contributed by atoms with Crippen molar-refractivity contribution >= 4 is 5.69 Å². The minimum absolute atomic E-state index is 0.464. The predicted molar refractivity (Wildman–Crippen MR) is 81.0 cm³/mol. The average Bonchev–Trinajstić information content (AvgIpc) is 2.98. The summed E-state index contributed by atoms with van der Waals surface area (Å²) in [6.07, 6.45) is 2.39. The van der Waals surface area contributed by atoms with Crippen LogP contribution in [0.15, 0.2) is 24.3 Å². The number of hydrogen-bond donors (Lipinski definition) is 2. The maximum atomic E-state index is 4.66. The van der Waals surface area contributed by atoms with E-state index in [2.05, 4.69) is 49.7 Å². The Kier molecular flexibility index (Phi) is 3.69. The molecular weight excluding hydrogens is 250 g/mol. The van der Waals surface area contributed by atoms with E-state index in [1.54, 1.807) is 0 Å². The van der Waals surface area contributed by atoms with E-state index < -0.39 is 0 Å². The second-order valence-corrected chi connectivity index (χ2v) is 5.53. The summed E-state index contributed by atoms with van der Waals surface area (Å²) in [7, 11) is 4.08. The first kappa shape index (κ1) is 13.1. The average molecular weight is 271 g/mol. The van der Waals surface area contributed by atoms with E-state index in [1.807, 2.05) is 14.1 Å². The van der Waals surface area contributed by atoms with Gasteiger partial charge in [0, 0.05) is 37.8 Å². The van der Waals surface area contributed by atoms with Gasteiger partial charge in [-0.1, -0.05) is 0 Å². The van der Waals surface area contributed by atoms with Gasteiger partial charge in [0.15, 0.2) is 5.82 Å². The number of rotatable bonds is 3. The molecule has 0 spiro atoms. The minimum Gasteiger partial charge on any atom is -0.378 e. The zero-order chi connectivity index (χ0) is 13.9. The van der Waals surface area contributed by atoms with Gasteiger partial charge in [0.25, 0.3) is 0 Å². The fourth-order valence-corrected chi connectivity index (χ4v) is 2.58. The quantitative estimate of drug-likeness (QED) is 0.896. The van der Waals surface area contributed by atoms with Crippen LogP contribution < -0.4 is 10.2 Å². The molecule has 1 aliphatic heterocycles. The molecule has 2 N–H and O–H groups in total. The molecule has 1 aromatic heterocycles. The first-order valence-corrected chi connectivity index (χ1v) is 7.15. The van der Waals surface area contributed by atoms with Crippen LogP contribution in [0.3, 0.4) is 0 Å². The molecular formula is C15H21N5. The van der Waals surface area contributed by atoms with Gasteiger partial charge in [0.1, 0.15) is 5.82 Å². The molecule has 5 heteroatoms. The molecule has 106 valence electrons. The Morgan fingerprint density at radius 3 is 2.65 bits per heavy atom. The monoisotopic (exact) mass is 271 g/mol. The Labute approximate surface area is 119 Å². The maximum Gasteiger partial charge on any atom is 0.181 e. The molecule has 1 unspecified atom stereocenters. The highest BCUT2D eigenvalue weighted by Crippen LogP contribution is 2.23.